The molecule has 1 aliphatic carbocycles. The van der Waals surface area contributed by atoms with Gasteiger partial charge in [0.1, 0.15) is 5.75 Å². The molecule has 0 aromatic heterocycles. The first-order chi connectivity index (χ1) is 10.3. The van der Waals surface area contributed by atoms with Gasteiger partial charge in [0.2, 0.25) is 0 Å². The molecule has 1 heterocycles. The Morgan fingerprint density at radius 1 is 1.19 bits per heavy atom. The van der Waals surface area contributed by atoms with Crippen molar-refractivity contribution in [1.29, 1.82) is 0 Å². The fraction of sp³-hybridized carbons (Fsp3) is 0.667. The minimum Gasteiger partial charge on any atom is -0.496 e. The lowest BCUT2D eigenvalue weighted by atomic mass is 9.78. The van der Waals surface area contributed by atoms with Crippen LogP contribution in [0.25, 0.3) is 0 Å². The normalized spacial score (nSPS) is 27.9. The number of para-hydroxylation sites is 1. The predicted octanol–water partition coefficient (Wildman–Crippen LogP) is 3.38. The molecule has 1 aromatic carbocycles. The number of rotatable bonds is 4. The molecule has 3 nitrogen and oxygen atoms in total. The number of fused-ring (bicyclic) bond motifs is 1. The summed E-state index contributed by atoms with van der Waals surface area (Å²) in [6.45, 7) is 1.87. The Bertz CT molecular complexity index is 460. The Morgan fingerprint density at radius 2 is 1.95 bits per heavy atom. The fourth-order valence-corrected chi connectivity index (χ4v) is 4.22. The van der Waals surface area contributed by atoms with Gasteiger partial charge in [0.25, 0.3) is 0 Å². The van der Waals surface area contributed by atoms with Gasteiger partial charge >= 0.3 is 0 Å². The van der Waals surface area contributed by atoms with Crippen molar-refractivity contribution < 1.29 is 9.84 Å². The third-order valence-electron chi connectivity index (χ3n) is 5.26. The fourth-order valence-electron chi connectivity index (χ4n) is 4.22. The van der Waals surface area contributed by atoms with Crippen LogP contribution >= 0.6 is 0 Å². The van der Waals surface area contributed by atoms with E-state index in [9.17, 15) is 5.11 Å². The van der Waals surface area contributed by atoms with E-state index in [0.29, 0.717) is 6.04 Å². The summed E-state index contributed by atoms with van der Waals surface area (Å²) in [4.78, 5) is 2.53. The van der Waals surface area contributed by atoms with Crippen molar-refractivity contribution in [3.05, 3.63) is 29.8 Å². The second-order valence-corrected chi connectivity index (χ2v) is 6.51. The number of methoxy groups -OCH3 is 1. The first-order valence-electron chi connectivity index (χ1n) is 8.34. The van der Waals surface area contributed by atoms with Crippen molar-refractivity contribution >= 4 is 0 Å². The Balaban J connectivity index is 1.69. The maximum atomic E-state index is 10.7. The number of aliphatic hydroxyl groups is 1. The van der Waals surface area contributed by atoms with E-state index in [4.69, 9.17) is 4.74 Å². The van der Waals surface area contributed by atoms with Crippen molar-refractivity contribution in [1.82, 2.24) is 4.90 Å². The Morgan fingerprint density at radius 3 is 2.81 bits per heavy atom. The molecule has 1 unspecified atom stereocenters. The summed E-state index contributed by atoms with van der Waals surface area (Å²) in [6.07, 6.45) is 7.63. The van der Waals surface area contributed by atoms with E-state index in [0.717, 1.165) is 30.3 Å². The van der Waals surface area contributed by atoms with Gasteiger partial charge in [-0.25, -0.2) is 0 Å². The van der Waals surface area contributed by atoms with E-state index >= 15 is 0 Å². The second-order valence-electron chi connectivity index (χ2n) is 6.51. The summed E-state index contributed by atoms with van der Waals surface area (Å²) in [7, 11) is 1.67. The molecule has 0 bridgehead atoms. The molecular formula is C18H27NO2. The number of likely N-dealkylation sites (tertiary alicyclic amines) is 1. The lowest BCUT2D eigenvalue weighted by molar-refractivity contribution is 0.0199. The molecule has 2 fully saturated rings. The van der Waals surface area contributed by atoms with E-state index in [2.05, 4.69) is 4.90 Å². The van der Waals surface area contributed by atoms with Crippen LogP contribution in [0.5, 0.6) is 5.75 Å². The zero-order valence-electron chi connectivity index (χ0n) is 13.0. The molecular weight excluding hydrogens is 262 g/mol. The van der Waals surface area contributed by atoms with Crippen LogP contribution < -0.4 is 4.74 Å². The summed E-state index contributed by atoms with van der Waals surface area (Å²) in [5.74, 6) is 1.65. The molecule has 0 spiro atoms. The van der Waals surface area contributed by atoms with Gasteiger partial charge in [-0.3, -0.25) is 4.90 Å². The van der Waals surface area contributed by atoms with Crippen LogP contribution in [0.15, 0.2) is 24.3 Å². The first-order valence-corrected chi connectivity index (χ1v) is 8.34. The molecule has 0 radical (unpaired) electrons. The summed E-state index contributed by atoms with van der Waals surface area (Å²) in [5.41, 5.74) is 0.915. The smallest absolute Gasteiger partial charge is 0.124 e. The lowest BCUT2D eigenvalue weighted by Gasteiger charge is -2.44. The highest BCUT2D eigenvalue weighted by Crippen LogP contribution is 2.36. The average Bonchev–Trinajstić information content (AvgIpc) is 2.55. The van der Waals surface area contributed by atoms with E-state index in [-0.39, 0.29) is 0 Å². The van der Waals surface area contributed by atoms with Crippen molar-refractivity contribution in [2.75, 3.05) is 20.2 Å². The maximum absolute atomic E-state index is 10.7. The van der Waals surface area contributed by atoms with Crippen molar-refractivity contribution in [2.45, 2.75) is 50.7 Å². The maximum Gasteiger partial charge on any atom is 0.124 e. The highest BCUT2D eigenvalue weighted by molar-refractivity contribution is 5.35. The van der Waals surface area contributed by atoms with Crippen LogP contribution in [0.1, 0.15) is 50.2 Å². The number of ether oxygens (including phenoxy) is 1. The van der Waals surface area contributed by atoms with E-state index < -0.39 is 6.10 Å². The van der Waals surface area contributed by atoms with Gasteiger partial charge in [-0.2, -0.15) is 0 Å². The molecule has 1 aliphatic heterocycles. The molecule has 1 aromatic rings. The molecule has 1 N–H and O–H groups in total. The van der Waals surface area contributed by atoms with Crippen LogP contribution in [0.3, 0.4) is 0 Å². The number of nitrogens with zero attached hydrogens (tertiary/aromatic N) is 1. The number of β-amino-alcohol motifs (C(OH)–C–C–N with tert-alkyl or cyclic N) is 1. The summed E-state index contributed by atoms with van der Waals surface area (Å²) in [6, 6.07) is 8.52. The van der Waals surface area contributed by atoms with Gasteiger partial charge < -0.3 is 9.84 Å². The minimum atomic E-state index is -0.457. The average molecular weight is 289 g/mol. The summed E-state index contributed by atoms with van der Waals surface area (Å²) >= 11 is 0. The topological polar surface area (TPSA) is 32.7 Å². The zero-order chi connectivity index (χ0) is 14.7. The molecule has 21 heavy (non-hydrogen) atoms. The number of hydrogen-bond donors (Lipinski definition) is 1. The number of aliphatic hydroxyl groups excluding tert-OH is 1. The van der Waals surface area contributed by atoms with Gasteiger partial charge in [0, 0.05) is 18.2 Å². The highest BCUT2D eigenvalue weighted by Gasteiger charge is 2.34. The van der Waals surface area contributed by atoms with E-state index in [1.54, 1.807) is 7.11 Å². The Labute approximate surface area is 127 Å². The number of hydrogen-bond acceptors (Lipinski definition) is 3. The third kappa shape index (κ3) is 3.24. The Kier molecular flexibility index (Phi) is 4.81. The first kappa shape index (κ1) is 14.9. The molecule has 3 rings (SSSR count). The zero-order valence-corrected chi connectivity index (χ0v) is 13.0. The Hall–Kier alpha value is -1.06. The monoisotopic (exact) mass is 289 g/mol. The molecule has 1 saturated heterocycles. The van der Waals surface area contributed by atoms with Crippen molar-refractivity contribution in [3.63, 3.8) is 0 Å². The van der Waals surface area contributed by atoms with Crippen LogP contribution in [0.4, 0.5) is 0 Å². The van der Waals surface area contributed by atoms with E-state index in [1.807, 2.05) is 24.3 Å². The quantitative estimate of drug-likeness (QED) is 0.922. The standard InChI is InChI=1S/C18H27NO2/c1-21-18-11-5-3-9-15(18)17(20)13-19-12-6-8-14-7-2-4-10-16(14)19/h3,5,9,11,14,16-17,20H,2,4,6-8,10,12-13H2,1H3/t14-,16-,17?/m1/s1. The predicted molar refractivity (Wildman–Crippen MR) is 84.5 cm³/mol. The van der Waals surface area contributed by atoms with Crippen LogP contribution in [0.2, 0.25) is 0 Å². The van der Waals surface area contributed by atoms with Crippen LogP contribution in [-0.2, 0) is 0 Å². The SMILES string of the molecule is COc1ccccc1C(O)CN1CCC[C@H]2CCCC[C@H]21. The van der Waals surface area contributed by atoms with E-state index in [1.165, 1.54) is 38.5 Å². The molecule has 116 valence electrons. The summed E-state index contributed by atoms with van der Waals surface area (Å²) < 4.78 is 5.38. The van der Waals surface area contributed by atoms with Crippen molar-refractivity contribution in [2.24, 2.45) is 5.92 Å². The number of benzene rings is 1. The second kappa shape index (κ2) is 6.80. The van der Waals surface area contributed by atoms with Gasteiger partial charge in [0.15, 0.2) is 0 Å². The largest absolute Gasteiger partial charge is 0.496 e. The molecule has 2 aliphatic rings. The van der Waals surface area contributed by atoms with Gasteiger partial charge in [0.05, 0.1) is 13.2 Å². The lowest BCUT2D eigenvalue weighted by Crippen LogP contribution is -2.48. The van der Waals surface area contributed by atoms with Crippen LogP contribution in [-0.4, -0.2) is 36.2 Å². The van der Waals surface area contributed by atoms with Crippen molar-refractivity contribution in [3.8, 4) is 5.75 Å². The minimum absolute atomic E-state index is 0.457. The van der Waals surface area contributed by atoms with Crippen LogP contribution in [0, 0.1) is 5.92 Å². The summed E-state index contributed by atoms with van der Waals surface area (Å²) in [5, 5.41) is 10.7. The molecule has 1 saturated carbocycles. The number of piperidine rings is 1. The third-order valence-corrected chi connectivity index (χ3v) is 5.26. The molecule has 3 atom stereocenters. The molecule has 0 amide bonds. The van der Waals surface area contributed by atoms with Gasteiger partial charge in [-0.15, -0.1) is 0 Å². The highest BCUT2D eigenvalue weighted by atomic mass is 16.5. The van der Waals surface area contributed by atoms with Gasteiger partial charge in [-0.05, 0) is 44.2 Å². The van der Waals surface area contributed by atoms with Gasteiger partial charge in [-0.1, -0.05) is 31.0 Å². The molecule has 3 heteroatoms.